The van der Waals surface area contributed by atoms with Crippen LogP contribution in [0.2, 0.25) is 0 Å². The fourth-order valence-corrected chi connectivity index (χ4v) is 2.52. The summed E-state index contributed by atoms with van der Waals surface area (Å²) in [5.41, 5.74) is 2.14. The van der Waals surface area contributed by atoms with Crippen LogP contribution in [0.4, 0.5) is 0 Å². The van der Waals surface area contributed by atoms with Gasteiger partial charge in [-0.25, -0.2) is 0 Å². The number of carbonyl (C=O) groups is 1. The van der Waals surface area contributed by atoms with Gasteiger partial charge < -0.3 is 4.74 Å². The normalized spacial score (nSPS) is 17.1. The Kier molecular flexibility index (Phi) is 4.54. The minimum atomic E-state index is 0.160. The number of hydrogen-bond acceptors (Lipinski definition) is 2. The lowest BCUT2D eigenvalue weighted by molar-refractivity contribution is 0.0545. The molecule has 98 valence electrons. The van der Waals surface area contributed by atoms with E-state index < -0.39 is 0 Å². The van der Waals surface area contributed by atoms with Crippen LogP contribution < -0.4 is 0 Å². The molecule has 0 aliphatic carbocycles. The summed E-state index contributed by atoms with van der Waals surface area (Å²) in [6, 6.07) is 8.13. The zero-order chi connectivity index (χ0) is 13.0. The van der Waals surface area contributed by atoms with Crippen molar-refractivity contribution in [2.45, 2.75) is 33.1 Å². The van der Waals surface area contributed by atoms with Crippen LogP contribution in [-0.2, 0) is 11.2 Å². The average Bonchev–Trinajstić information content (AvgIpc) is 2.38. The van der Waals surface area contributed by atoms with Crippen LogP contribution in [0.1, 0.15) is 42.6 Å². The fraction of sp³-hybridized carbons (Fsp3) is 0.562. The molecule has 1 aliphatic rings. The summed E-state index contributed by atoms with van der Waals surface area (Å²) in [7, 11) is 0. The van der Waals surface area contributed by atoms with E-state index in [0.717, 1.165) is 38.0 Å². The first kappa shape index (κ1) is 13.3. The van der Waals surface area contributed by atoms with Crippen molar-refractivity contribution in [3.63, 3.8) is 0 Å². The van der Waals surface area contributed by atoms with Gasteiger partial charge in [-0.1, -0.05) is 32.0 Å². The van der Waals surface area contributed by atoms with Crippen molar-refractivity contribution < 1.29 is 9.53 Å². The van der Waals surface area contributed by atoms with Gasteiger partial charge in [0.15, 0.2) is 5.78 Å². The van der Waals surface area contributed by atoms with Gasteiger partial charge in [0.05, 0.1) is 0 Å². The monoisotopic (exact) mass is 246 g/mol. The Morgan fingerprint density at radius 2 is 2.06 bits per heavy atom. The lowest BCUT2D eigenvalue weighted by Crippen LogP contribution is -2.23. The Morgan fingerprint density at radius 3 is 2.72 bits per heavy atom. The molecule has 0 N–H and O–H groups in total. The van der Waals surface area contributed by atoms with Crippen molar-refractivity contribution in [1.29, 1.82) is 0 Å². The fourth-order valence-electron chi connectivity index (χ4n) is 2.52. The molecule has 0 spiro atoms. The smallest absolute Gasteiger partial charge is 0.166 e. The lowest BCUT2D eigenvalue weighted by atomic mass is 9.89. The van der Waals surface area contributed by atoms with Crippen LogP contribution >= 0.6 is 0 Å². The van der Waals surface area contributed by atoms with Gasteiger partial charge in [-0.2, -0.15) is 0 Å². The van der Waals surface area contributed by atoms with Crippen molar-refractivity contribution in [2.24, 2.45) is 11.8 Å². The van der Waals surface area contributed by atoms with Gasteiger partial charge in [0, 0.05) is 24.7 Å². The highest BCUT2D eigenvalue weighted by molar-refractivity contribution is 5.98. The van der Waals surface area contributed by atoms with Crippen LogP contribution in [0.25, 0.3) is 0 Å². The number of benzene rings is 1. The van der Waals surface area contributed by atoms with E-state index in [9.17, 15) is 4.79 Å². The van der Waals surface area contributed by atoms with Gasteiger partial charge in [0.1, 0.15) is 0 Å². The number of Topliss-reactive ketones (excluding diaryl/α,β-unsaturated/α-hetero) is 1. The lowest BCUT2D eigenvalue weighted by Gasteiger charge is -2.21. The van der Waals surface area contributed by atoms with Crippen LogP contribution in [0.3, 0.4) is 0 Å². The van der Waals surface area contributed by atoms with E-state index >= 15 is 0 Å². The Balaban J connectivity index is 2.09. The molecule has 2 nitrogen and oxygen atoms in total. The average molecular weight is 246 g/mol. The van der Waals surface area contributed by atoms with Crippen LogP contribution in [0.15, 0.2) is 24.3 Å². The van der Waals surface area contributed by atoms with E-state index in [0.29, 0.717) is 11.7 Å². The SMILES string of the molecule is CC(C)Cc1cccc(C(=O)C2CCOCC2)c1. The van der Waals surface area contributed by atoms with Crippen LogP contribution in [0.5, 0.6) is 0 Å². The molecule has 0 saturated carbocycles. The summed E-state index contributed by atoms with van der Waals surface area (Å²) in [5.74, 6) is 1.08. The van der Waals surface area contributed by atoms with Gasteiger partial charge >= 0.3 is 0 Å². The van der Waals surface area contributed by atoms with E-state index in [-0.39, 0.29) is 5.92 Å². The Hall–Kier alpha value is -1.15. The quantitative estimate of drug-likeness (QED) is 0.760. The van der Waals surface area contributed by atoms with Gasteiger partial charge in [-0.05, 0) is 36.8 Å². The number of ketones is 1. The van der Waals surface area contributed by atoms with Crippen LogP contribution in [-0.4, -0.2) is 19.0 Å². The molecule has 0 unspecified atom stereocenters. The van der Waals surface area contributed by atoms with Crippen molar-refractivity contribution in [1.82, 2.24) is 0 Å². The standard InChI is InChI=1S/C16H22O2/c1-12(2)10-13-4-3-5-15(11-13)16(17)14-6-8-18-9-7-14/h3-5,11-12,14H,6-10H2,1-2H3. The van der Waals surface area contributed by atoms with Gasteiger partial charge in [0.25, 0.3) is 0 Å². The molecule has 1 heterocycles. The molecule has 1 aromatic rings. The molecule has 1 aromatic carbocycles. The van der Waals surface area contributed by atoms with E-state index in [4.69, 9.17) is 4.74 Å². The highest BCUT2D eigenvalue weighted by Crippen LogP contribution is 2.21. The third kappa shape index (κ3) is 3.42. The van der Waals surface area contributed by atoms with Crippen LogP contribution in [0, 0.1) is 11.8 Å². The molecule has 1 aliphatic heterocycles. The van der Waals surface area contributed by atoms with Gasteiger partial charge in [0.2, 0.25) is 0 Å². The second-order valence-electron chi connectivity index (χ2n) is 5.55. The Labute approximate surface area is 109 Å². The number of ether oxygens (including phenoxy) is 1. The van der Waals surface area contributed by atoms with E-state index in [1.54, 1.807) is 0 Å². The summed E-state index contributed by atoms with van der Waals surface area (Å²) in [4.78, 5) is 12.4. The Morgan fingerprint density at radius 1 is 1.33 bits per heavy atom. The molecule has 1 fully saturated rings. The second-order valence-corrected chi connectivity index (χ2v) is 5.55. The first-order valence-electron chi connectivity index (χ1n) is 6.87. The molecular weight excluding hydrogens is 224 g/mol. The van der Waals surface area contributed by atoms with E-state index in [1.165, 1.54) is 5.56 Å². The maximum Gasteiger partial charge on any atom is 0.166 e. The Bertz CT molecular complexity index is 403. The molecule has 1 saturated heterocycles. The molecule has 0 aromatic heterocycles. The predicted octanol–water partition coefficient (Wildman–Crippen LogP) is 3.49. The van der Waals surface area contributed by atoms with Crippen molar-refractivity contribution >= 4 is 5.78 Å². The van der Waals surface area contributed by atoms with Crippen molar-refractivity contribution in [2.75, 3.05) is 13.2 Å². The van der Waals surface area contributed by atoms with E-state index in [2.05, 4.69) is 26.0 Å². The molecule has 0 atom stereocenters. The van der Waals surface area contributed by atoms with Gasteiger partial charge in [-0.15, -0.1) is 0 Å². The summed E-state index contributed by atoms with van der Waals surface area (Å²) in [6.07, 6.45) is 2.77. The molecule has 0 radical (unpaired) electrons. The molecule has 0 amide bonds. The maximum absolute atomic E-state index is 12.4. The number of hydrogen-bond donors (Lipinski definition) is 0. The first-order valence-corrected chi connectivity index (χ1v) is 6.87. The summed E-state index contributed by atoms with van der Waals surface area (Å²) >= 11 is 0. The van der Waals surface area contributed by atoms with E-state index in [1.807, 2.05) is 12.1 Å². The second kappa shape index (κ2) is 6.14. The topological polar surface area (TPSA) is 26.3 Å². The van der Waals surface area contributed by atoms with Gasteiger partial charge in [-0.3, -0.25) is 4.79 Å². The number of carbonyl (C=O) groups excluding carboxylic acids is 1. The zero-order valence-electron chi connectivity index (χ0n) is 11.3. The summed E-state index contributed by atoms with van der Waals surface area (Å²) in [5, 5.41) is 0. The molecule has 2 rings (SSSR count). The summed E-state index contributed by atoms with van der Waals surface area (Å²) in [6.45, 7) is 5.85. The van der Waals surface area contributed by atoms with Crippen molar-refractivity contribution in [3.8, 4) is 0 Å². The molecule has 2 heteroatoms. The molecule has 18 heavy (non-hydrogen) atoms. The van der Waals surface area contributed by atoms with Crippen molar-refractivity contribution in [3.05, 3.63) is 35.4 Å². The minimum absolute atomic E-state index is 0.160. The highest BCUT2D eigenvalue weighted by atomic mass is 16.5. The minimum Gasteiger partial charge on any atom is -0.381 e. The predicted molar refractivity (Wildman–Crippen MR) is 72.9 cm³/mol. The zero-order valence-corrected chi connectivity index (χ0v) is 11.3. The highest BCUT2D eigenvalue weighted by Gasteiger charge is 2.22. The molecule has 0 bridgehead atoms. The first-order chi connectivity index (χ1) is 8.66. The number of rotatable bonds is 4. The largest absolute Gasteiger partial charge is 0.381 e. The summed E-state index contributed by atoms with van der Waals surface area (Å²) < 4.78 is 5.31. The maximum atomic E-state index is 12.4. The molecular formula is C16H22O2. The third-order valence-electron chi connectivity index (χ3n) is 3.45. The third-order valence-corrected chi connectivity index (χ3v) is 3.45.